The first kappa shape index (κ1) is 28.3. The third-order valence-electron chi connectivity index (χ3n) is 5.79. The number of rotatable bonds is 13. The number of amides is 3. The maximum atomic E-state index is 13.5. The summed E-state index contributed by atoms with van der Waals surface area (Å²) in [5.74, 6) is -0.768. The number of carbonyl (C=O) groups excluding carboxylic acids is 3. The van der Waals surface area contributed by atoms with Crippen molar-refractivity contribution < 1.29 is 19.1 Å². The summed E-state index contributed by atoms with van der Waals surface area (Å²) in [5.41, 5.74) is 5.40. The molecular formula is C22H44N4O4. The van der Waals surface area contributed by atoms with Crippen molar-refractivity contribution in [3.05, 3.63) is 0 Å². The molecule has 0 radical (unpaired) electrons. The van der Waals surface area contributed by atoms with Crippen molar-refractivity contribution in [2.45, 2.75) is 78.6 Å². The second-order valence-electron chi connectivity index (χ2n) is 9.15. The Kier molecular flexibility index (Phi) is 12.2. The molecule has 0 fully saturated rings. The summed E-state index contributed by atoms with van der Waals surface area (Å²) in [6.07, 6.45) is 0.313. The first-order valence-electron chi connectivity index (χ1n) is 10.8. The number of hydrogen-bond donors (Lipinski definition) is 2. The van der Waals surface area contributed by atoms with E-state index in [9.17, 15) is 14.4 Å². The zero-order valence-corrected chi connectivity index (χ0v) is 20.6. The molecule has 0 aliphatic carbocycles. The van der Waals surface area contributed by atoms with Crippen molar-refractivity contribution >= 4 is 17.7 Å². The maximum Gasteiger partial charge on any atom is 0.245 e. The molecule has 8 heteroatoms. The molecule has 30 heavy (non-hydrogen) atoms. The molecule has 0 aromatic heterocycles. The monoisotopic (exact) mass is 428 g/mol. The van der Waals surface area contributed by atoms with Gasteiger partial charge in [-0.1, -0.05) is 48.0 Å². The number of methoxy groups -OCH3 is 1. The van der Waals surface area contributed by atoms with E-state index < -0.39 is 18.1 Å². The Morgan fingerprint density at radius 1 is 1.00 bits per heavy atom. The van der Waals surface area contributed by atoms with E-state index in [1.807, 2.05) is 60.5 Å². The molecule has 0 bridgehead atoms. The Hall–Kier alpha value is -1.67. The van der Waals surface area contributed by atoms with Gasteiger partial charge in [0, 0.05) is 14.2 Å². The lowest BCUT2D eigenvalue weighted by Crippen LogP contribution is -2.59. The Morgan fingerprint density at radius 3 is 1.87 bits per heavy atom. The quantitative estimate of drug-likeness (QED) is 0.462. The zero-order valence-electron chi connectivity index (χ0n) is 20.6. The molecule has 3 amide bonds. The highest BCUT2D eigenvalue weighted by Gasteiger charge is 2.38. The lowest BCUT2D eigenvalue weighted by molar-refractivity contribution is -0.144. The molecule has 0 aliphatic heterocycles. The molecule has 3 N–H and O–H groups in total. The van der Waals surface area contributed by atoms with Crippen LogP contribution in [0.2, 0.25) is 0 Å². The highest BCUT2D eigenvalue weighted by atomic mass is 16.5. The van der Waals surface area contributed by atoms with Gasteiger partial charge >= 0.3 is 0 Å². The van der Waals surface area contributed by atoms with E-state index in [1.54, 1.807) is 11.9 Å². The third-order valence-corrected chi connectivity index (χ3v) is 5.79. The molecule has 0 rings (SSSR count). The number of nitrogens with one attached hydrogen (secondary N) is 1. The van der Waals surface area contributed by atoms with Crippen molar-refractivity contribution in [1.82, 2.24) is 15.1 Å². The molecule has 0 aromatic rings. The topological polar surface area (TPSA) is 105 Å². The normalized spacial score (nSPS) is 16.8. The van der Waals surface area contributed by atoms with Crippen LogP contribution in [0.25, 0.3) is 0 Å². The second kappa shape index (κ2) is 12.9. The summed E-state index contributed by atoms with van der Waals surface area (Å²) in [7, 11) is 6.94. The molecule has 8 nitrogen and oxygen atoms in total. The minimum absolute atomic E-state index is 0.0257. The van der Waals surface area contributed by atoms with Gasteiger partial charge in [0.1, 0.15) is 6.04 Å². The standard InChI is InChI=1S/C22H44N4O4/c1-11-15(6)20(16(30-10)12-17(23)27)26(9)22(29)18(13(2)3)24-21(28)19(14(4)5)25(7)8/h13-16,18-20H,11-12H2,1-10H3,(H2,23,27)(H,24,28)/t15-,16+,18-,19-,20-/m1/s1. The number of nitrogens with two attached hydrogens (primary N) is 1. The first-order chi connectivity index (χ1) is 13.8. The minimum atomic E-state index is -0.679. The first-order valence-corrected chi connectivity index (χ1v) is 10.8. The van der Waals surface area contributed by atoms with Crippen molar-refractivity contribution in [2.24, 2.45) is 23.5 Å². The molecule has 0 heterocycles. The van der Waals surface area contributed by atoms with Gasteiger partial charge in [-0.3, -0.25) is 19.3 Å². The average molecular weight is 429 g/mol. The SMILES string of the molecule is CC[C@@H](C)[C@H]([C@H](CC(N)=O)OC)N(C)C(=O)[C@H](NC(=O)[C@@H](C(C)C)N(C)C)C(C)C. The molecule has 0 saturated carbocycles. The maximum absolute atomic E-state index is 13.5. The van der Waals surface area contributed by atoms with E-state index in [4.69, 9.17) is 10.5 Å². The zero-order chi connectivity index (χ0) is 23.8. The van der Waals surface area contributed by atoms with Crippen LogP contribution >= 0.6 is 0 Å². The summed E-state index contributed by atoms with van der Waals surface area (Å²) in [6.45, 7) is 11.8. The van der Waals surface area contributed by atoms with E-state index in [-0.39, 0.29) is 48.1 Å². The van der Waals surface area contributed by atoms with Crippen LogP contribution in [-0.2, 0) is 19.1 Å². The predicted molar refractivity (Wildman–Crippen MR) is 120 cm³/mol. The van der Waals surface area contributed by atoms with E-state index in [0.717, 1.165) is 6.42 Å². The molecule has 0 saturated heterocycles. The molecular weight excluding hydrogens is 384 g/mol. The fraction of sp³-hybridized carbons (Fsp3) is 0.864. The van der Waals surface area contributed by atoms with E-state index in [1.165, 1.54) is 7.11 Å². The average Bonchev–Trinajstić information content (AvgIpc) is 2.63. The molecule has 0 unspecified atom stereocenters. The van der Waals surface area contributed by atoms with Gasteiger partial charge in [0.2, 0.25) is 17.7 Å². The molecule has 176 valence electrons. The smallest absolute Gasteiger partial charge is 0.245 e. The largest absolute Gasteiger partial charge is 0.379 e. The van der Waals surface area contributed by atoms with Gasteiger partial charge in [0.15, 0.2) is 0 Å². The summed E-state index contributed by atoms with van der Waals surface area (Å²) < 4.78 is 5.55. The number of primary amides is 1. The van der Waals surface area contributed by atoms with Gasteiger partial charge in [0.05, 0.1) is 24.6 Å². The summed E-state index contributed by atoms with van der Waals surface area (Å²) in [6, 6.07) is -1.36. The Morgan fingerprint density at radius 2 is 1.53 bits per heavy atom. The summed E-state index contributed by atoms with van der Waals surface area (Å²) in [4.78, 5) is 41.5. The Labute approximate surface area is 182 Å². The number of carbonyl (C=O) groups is 3. The minimum Gasteiger partial charge on any atom is -0.379 e. The van der Waals surface area contributed by atoms with Crippen LogP contribution < -0.4 is 11.1 Å². The number of ether oxygens (including phenoxy) is 1. The molecule has 0 aromatic carbocycles. The van der Waals surface area contributed by atoms with Gasteiger partial charge in [-0.15, -0.1) is 0 Å². The van der Waals surface area contributed by atoms with Crippen LogP contribution in [0.15, 0.2) is 0 Å². The van der Waals surface area contributed by atoms with Crippen molar-refractivity contribution in [2.75, 3.05) is 28.3 Å². The van der Waals surface area contributed by atoms with Crippen molar-refractivity contribution in [3.8, 4) is 0 Å². The van der Waals surface area contributed by atoms with Crippen LogP contribution in [0.1, 0.15) is 54.4 Å². The number of hydrogen-bond acceptors (Lipinski definition) is 5. The highest BCUT2D eigenvalue weighted by Crippen LogP contribution is 2.23. The van der Waals surface area contributed by atoms with E-state index in [2.05, 4.69) is 5.32 Å². The second-order valence-corrected chi connectivity index (χ2v) is 9.15. The number of nitrogens with zero attached hydrogens (tertiary/aromatic N) is 2. The van der Waals surface area contributed by atoms with Crippen LogP contribution in [0.4, 0.5) is 0 Å². The summed E-state index contributed by atoms with van der Waals surface area (Å²) in [5, 5.41) is 2.97. The van der Waals surface area contributed by atoms with Crippen LogP contribution in [0.5, 0.6) is 0 Å². The lowest BCUT2D eigenvalue weighted by atomic mass is 9.90. The third kappa shape index (κ3) is 7.87. The Balaban J connectivity index is 5.80. The Bertz CT molecular complexity index is 557. The van der Waals surface area contributed by atoms with Gasteiger partial charge in [-0.05, 0) is 31.8 Å². The molecule has 5 atom stereocenters. The molecule has 0 aliphatic rings. The van der Waals surface area contributed by atoms with E-state index in [0.29, 0.717) is 0 Å². The van der Waals surface area contributed by atoms with Gasteiger partial charge < -0.3 is 20.7 Å². The van der Waals surface area contributed by atoms with Crippen LogP contribution in [-0.4, -0.2) is 80.0 Å². The summed E-state index contributed by atoms with van der Waals surface area (Å²) >= 11 is 0. The van der Waals surface area contributed by atoms with Crippen molar-refractivity contribution in [3.63, 3.8) is 0 Å². The predicted octanol–water partition coefficient (Wildman–Crippen LogP) is 1.48. The number of likely N-dealkylation sites (N-methyl/N-ethyl adjacent to an activating group) is 2. The highest BCUT2D eigenvalue weighted by molar-refractivity contribution is 5.90. The fourth-order valence-electron chi connectivity index (χ4n) is 4.03. The van der Waals surface area contributed by atoms with E-state index >= 15 is 0 Å². The van der Waals surface area contributed by atoms with Crippen LogP contribution in [0.3, 0.4) is 0 Å². The van der Waals surface area contributed by atoms with Gasteiger partial charge in [0.25, 0.3) is 0 Å². The van der Waals surface area contributed by atoms with Gasteiger partial charge in [-0.25, -0.2) is 0 Å². The molecule has 0 spiro atoms. The lowest BCUT2D eigenvalue weighted by Gasteiger charge is -2.40. The van der Waals surface area contributed by atoms with Crippen molar-refractivity contribution in [1.29, 1.82) is 0 Å². The fourth-order valence-corrected chi connectivity index (χ4v) is 4.03. The van der Waals surface area contributed by atoms with Crippen LogP contribution in [0, 0.1) is 17.8 Å². The van der Waals surface area contributed by atoms with Gasteiger partial charge in [-0.2, -0.15) is 0 Å².